The molecule has 1 atom stereocenters. The summed E-state index contributed by atoms with van der Waals surface area (Å²) in [5, 5.41) is 10.2. The van der Waals surface area contributed by atoms with Gasteiger partial charge < -0.3 is 10.8 Å². The first kappa shape index (κ1) is 12.1. The van der Waals surface area contributed by atoms with Gasteiger partial charge in [0.1, 0.15) is 0 Å². The molecule has 0 saturated heterocycles. The maximum absolute atomic E-state index is 11.2. The maximum atomic E-state index is 11.2. The van der Waals surface area contributed by atoms with E-state index in [1.165, 1.54) is 11.3 Å². The molecule has 15 heavy (non-hydrogen) atoms. The quantitative estimate of drug-likeness (QED) is 0.799. The van der Waals surface area contributed by atoms with Crippen molar-refractivity contribution < 1.29 is 9.90 Å². The molecule has 1 aromatic heterocycles. The highest BCUT2D eigenvalue weighted by Gasteiger charge is 2.35. The molecule has 0 spiro atoms. The third-order valence-corrected chi connectivity index (χ3v) is 3.62. The first-order valence-electron chi connectivity index (χ1n) is 4.89. The molecule has 0 aliphatic rings. The monoisotopic (exact) mass is 228 g/mol. The van der Waals surface area contributed by atoms with Crippen molar-refractivity contribution in [3.63, 3.8) is 0 Å². The minimum Gasteiger partial charge on any atom is -0.481 e. The highest BCUT2D eigenvalue weighted by atomic mass is 32.1. The molecule has 5 heteroatoms. The fourth-order valence-corrected chi connectivity index (χ4v) is 2.41. The van der Waals surface area contributed by atoms with Gasteiger partial charge >= 0.3 is 5.97 Å². The van der Waals surface area contributed by atoms with Crippen LogP contribution in [0.2, 0.25) is 0 Å². The molecule has 1 unspecified atom stereocenters. The van der Waals surface area contributed by atoms with Crippen molar-refractivity contribution in [2.45, 2.75) is 26.7 Å². The van der Waals surface area contributed by atoms with E-state index in [-0.39, 0.29) is 6.54 Å². The van der Waals surface area contributed by atoms with Gasteiger partial charge in [-0.25, -0.2) is 4.98 Å². The van der Waals surface area contributed by atoms with E-state index in [0.717, 1.165) is 9.88 Å². The summed E-state index contributed by atoms with van der Waals surface area (Å²) in [6, 6.07) is 0. The fourth-order valence-electron chi connectivity index (χ4n) is 1.48. The molecule has 1 heterocycles. The molecule has 0 aromatic carbocycles. The largest absolute Gasteiger partial charge is 0.481 e. The number of nitrogens with two attached hydrogens (primary N) is 1. The highest BCUT2D eigenvalue weighted by Crippen LogP contribution is 2.28. The van der Waals surface area contributed by atoms with Gasteiger partial charge in [-0.15, -0.1) is 11.3 Å². The van der Waals surface area contributed by atoms with Gasteiger partial charge in [-0.1, -0.05) is 6.92 Å². The van der Waals surface area contributed by atoms with Gasteiger partial charge in [-0.05, 0) is 13.3 Å². The van der Waals surface area contributed by atoms with Crippen LogP contribution in [0.3, 0.4) is 0 Å². The lowest BCUT2D eigenvalue weighted by Crippen LogP contribution is -2.39. The lowest BCUT2D eigenvalue weighted by atomic mass is 9.81. The van der Waals surface area contributed by atoms with Crippen LogP contribution in [0.4, 0.5) is 0 Å². The topological polar surface area (TPSA) is 76.2 Å². The summed E-state index contributed by atoms with van der Waals surface area (Å²) in [5.41, 5.74) is 4.74. The van der Waals surface area contributed by atoms with Crippen LogP contribution in [0.15, 0.2) is 6.20 Å². The number of hydrogen-bond donors (Lipinski definition) is 2. The smallest absolute Gasteiger partial charge is 0.311 e. The predicted octanol–water partition coefficient (Wildman–Crippen LogP) is 1.43. The number of nitrogens with zero attached hydrogens (tertiary/aromatic N) is 1. The van der Waals surface area contributed by atoms with Crippen LogP contribution in [-0.4, -0.2) is 22.6 Å². The van der Waals surface area contributed by atoms with Crippen LogP contribution >= 0.6 is 11.3 Å². The summed E-state index contributed by atoms with van der Waals surface area (Å²) in [6.45, 7) is 3.93. The Balaban J connectivity index is 2.88. The van der Waals surface area contributed by atoms with Gasteiger partial charge in [0, 0.05) is 24.0 Å². The molecule has 1 aromatic rings. The molecular formula is C10H16N2O2S. The average molecular weight is 228 g/mol. The molecule has 0 amide bonds. The zero-order valence-electron chi connectivity index (χ0n) is 8.99. The van der Waals surface area contributed by atoms with Gasteiger partial charge in [-0.2, -0.15) is 0 Å². The van der Waals surface area contributed by atoms with Crippen LogP contribution in [0.1, 0.15) is 23.2 Å². The van der Waals surface area contributed by atoms with E-state index in [1.54, 1.807) is 6.20 Å². The number of aromatic nitrogens is 1. The van der Waals surface area contributed by atoms with E-state index >= 15 is 0 Å². The van der Waals surface area contributed by atoms with Crippen LogP contribution in [0.5, 0.6) is 0 Å². The van der Waals surface area contributed by atoms with E-state index in [9.17, 15) is 9.90 Å². The van der Waals surface area contributed by atoms with Crippen LogP contribution in [0.25, 0.3) is 0 Å². The second-order valence-corrected chi connectivity index (χ2v) is 4.98. The van der Waals surface area contributed by atoms with Gasteiger partial charge in [0.2, 0.25) is 0 Å². The number of carbonyl (C=O) groups is 1. The Morgan fingerprint density at radius 2 is 2.40 bits per heavy atom. The summed E-state index contributed by atoms with van der Waals surface area (Å²) in [5.74, 6) is -0.821. The first-order chi connectivity index (χ1) is 7.04. The summed E-state index contributed by atoms with van der Waals surface area (Å²) >= 11 is 1.53. The molecule has 1 rings (SSSR count). The standard InChI is InChI=1S/C10H16N2O2S/c1-3-10(6-11,9(13)14)4-8-5-12-7(2)15-8/h5H,3-4,6,11H2,1-2H3,(H,13,14). The second-order valence-electron chi connectivity index (χ2n) is 3.67. The summed E-state index contributed by atoms with van der Waals surface area (Å²) < 4.78 is 0. The molecule has 0 aliphatic heterocycles. The van der Waals surface area contributed by atoms with E-state index in [2.05, 4.69) is 4.98 Å². The average Bonchev–Trinajstić information content (AvgIpc) is 2.60. The lowest BCUT2D eigenvalue weighted by Gasteiger charge is -2.25. The fraction of sp³-hybridized carbons (Fsp3) is 0.600. The molecule has 0 bridgehead atoms. The number of carboxylic acid groups (broad SMARTS) is 1. The minimum atomic E-state index is -0.834. The van der Waals surface area contributed by atoms with Gasteiger partial charge in [0.05, 0.1) is 10.4 Å². The van der Waals surface area contributed by atoms with E-state index in [0.29, 0.717) is 12.8 Å². The lowest BCUT2D eigenvalue weighted by molar-refractivity contribution is -0.148. The molecule has 84 valence electrons. The molecular weight excluding hydrogens is 212 g/mol. The van der Waals surface area contributed by atoms with Crippen molar-refractivity contribution in [3.05, 3.63) is 16.1 Å². The van der Waals surface area contributed by atoms with Crippen molar-refractivity contribution in [2.24, 2.45) is 11.1 Å². The Morgan fingerprint density at radius 1 is 1.73 bits per heavy atom. The van der Waals surface area contributed by atoms with Gasteiger partial charge in [-0.3, -0.25) is 4.79 Å². The van der Waals surface area contributed by atoms with Crippen molar-refractivity contribution in [1.82, 2.24) is 4.98 Å². The molecule has 4 nitrogen and oxygen atoms in total. The van der Waals surface area contributed by atoms with Crippen LogP contribution in [-0.2, 0) is 11.2 Å². The SMILES string of the molecule is CCC(CN)(Cc1cnc(C)s1)C(=O)O. The summed E-state index contributed by atoms with van der Waals surface area (Å²) in [4.78, 5) is 16.3. The number of thiazole rings is 1. The van der Waals surface area contributed by atoms with Gasteiger partial charge in [0.15, 0.2) is 0 Å². The third kappa shape index (κ3) is 2.54. The molecule has 0 aliphatic carbocycles. The van der Waals surface area contributed by atoms with E-state index in [1.807, 2.05) is 13.8 Å². The Morgan fingerprint density at radius 3 is 2.73 bits per heavy atom. The summed E-state index contributed by atoms with van der Waals surface area (Å²) in [7, 11) is 0. The Labute approximate surface area is 93.1 Å². The van der Waals surface area contributed by atoms with E-state index in [4.69, 9.17) is 5.73 Å². The Hall–Kier alpha value is -0.940. The third-order valence-electron chi connectivity index (χ3n) is 2.70. The van der Waals surface area contributed by atoms with Crippen molar-refractivity contribution in [3.8, 4) is 0 Å². The van der Waals surface area contributed by atoms with Gasteiger partial charge in [0.25, 0.3) is 0 Å². The number of aryl methyl sites for hydroxylation is 1. The molecule has 0 saturated carbocycles. The number of hydrogen-bond acceptors (Lipinski definition) is 4. The Kier molecular flexibility index (Phi) is 3.82. The molecule has 3 N–H and O–H groups in total. The summed E-state index contributed by atoms with van der Waals surface area (Å²) in [6.07, 6.45) is 2.75. The normalized spacial score (nSPS) is 14.9. The highest BCUT2D eigenvalue weighted by molar-refractivity contribution is 7.11. The van der Waals surface area contributed by atoms with Crippen LogP contribution < -0.4 is 5.73 Å². The zero-order valence-corrected chi connectivity index (χ0v) is 9.80. The maximum Gasteiger partial charge on any atom is 0.311 e. The van der Waals surface area contributed by atoms with Crippen LogP contribution in [0, 0.1) is 12.3 Å². The number of rotatable bonds is 5. The van der Waals surface area contributed by atoms with Crippen molar-refractivity contribution in [1.29, 1.82) is 0 Å². The van der Waals surface area contributed by atoms with Crippen molar-refractivity contribution in [2.75, 3.05) is 6.54 Å². The second kappa shape index (κ2) is 4.72. The number of carboxylic acids is 1. The zero-order chi connectivity index (χ0) is 11.5. The van der Waals surface area contributed by atoms with Crippen molar-refractivity contribution >= 4 is 17.3 Å². The first-order valence-corrected chi connectivity index (χ1v) is 5.70. The van der Waals surface area contributed by atoms with E-state index < -0.39 is 11.4 Å². The predicted molar refractivity (Wildman–Crippen MR) is 60.0 cm³/mol. The molecule has 0 fully saturated rings. The minimum absolute atomic E-state index is 0.162. The Bertz CT molecular complexity index is 345. The molecule has 0 radical (unpaired) electrons. The number of aliphatic carboxylic acids is 1.